The summed E-state index contributed by atoms with van der Waals surface area (Å²) in [7, 11) is 1.36. The second kappa shape index (κ2) is 7.85. The molecular weight excluding hydrogens is 288 g/mol. The first-order chi connectivity index (χ1) is 9.45. The zero-order valence-electron chi connectivity index (χ0n) is 11.0. The number of carbonyl (C=O) groups is 4. The second-order valence-corrected chi connectivity index (χ2v) is 5.03. The van der Waals surface area contributed by atoms with E-state index in [4.69, 9.17) is 9.84 Å². The highest BCUT2D eigenvalue weighted by molar-refractivity contribution is 8.00. The van der Waals surface area contributed by atoms with Gasteiger partial charge < -0.3 is 15.2 Å². The van der Waals surface area contributed by atoms with Gasteiger partial charge in [0.05, 0.1) is 17.9 Å². The maximum Gasteiger partial charge on any atom is 0.313 e. The topological polar surface area (TPSA) is 113 Å². The highest BCUT2D eigenvalue weighted by Gasteiger charge is 2.38. The molecule has 0 saturated carbocycles. The number of carbonyl (C=O) groups excluding carboxylic acids is 3. The van der Waals surface area contributed by atoms with Gasteiger partial charge in [0.25, 0.3) is 5.91 Å². The number of hydrogen-bond donors (Lipinski definition) is 2. The van der Waals surface area contributed by atoms with Crippen molar-refractivity contribution in [1.29, 1.82) is 0 Å². The molecular formula is C11H16N2O6S. The van der Waals surface area contributed by atoms with Crippen LogP contribution in [0.15, 0.2) is 0 Å². The average Bonchev–Trinajstić information content (AvgIpc) is 2.65. The fourth-order valence-electron chi connectivity index (χ4n) is 1.66. The predicted octanol–water partition coefficient (Wildman–Crippen LogP) is -1.31. The molecule has 1 atom stereocenters. The lowest BCUT2D eigenvalue weighted by Gasteiger charge is -2.14. The van der Waals surface area contributed by atoms with Crippen LogP contribution in [-0.2, 0) is 23.9 Å². The van der Waals surface area contributed by atoms with E-state index in [1.807, 2.05) is 0 Å². The summed E-state index contributed by atoms with van der Waals surface area (Å²) in [4.78, 5) is 45.8. The number of methoxy groups -OCH3 is 1. The quantitative estimate of drug-likeness (QED) is 0.535. The lowest BCUT2D eigenvalue weighted by molar-refractivity contribution is -0.141. The molecule has 1 fully saturated rings. The average molecular weight is 304 g/mol. The van der Waals surface area contributed by atoms with Crippen LogP contribution in [0.5, 0.6) is 0 Å². The summed E-state index contributed by atoms with van der Waals surface area (Å²) in [6.07, 6.45) is -0.707. The number of nitrogens with one attached hydrogen (secondary N) is 1. The highest BCUT2D eigenvalue weighted by Crippen LogP contribution is 2.14. The van der Waals surface area contributed by atoms with Gasteiger partial charge in [-0.15, -0.1) is 11.8 Å². The van der Waals surface area contributed by atoms with Crippen LogP contribution in [0, 0.1) is 0 Å². The van der Waals surface area contributed by atoms with Crippen molar-refractivity contribution in [2.24, 2.45) is 0 Å². The first-order valence-corrected chi connectivity index (χ1v) is 7.04. The van der Waals surface area contributed by atoms with Gasteiger partial charge in [0.15, 0.2) is 0 Å². The minimum absolute atomic E-state index is 0.0227. The van der Waals surface area contributed by atoms with Crippen molar-refractivity contribution in [3.63, 3.8) is 0 Å². The SMILES string of the molecule is COC1CC(=O)N(CCNC(=O)CSCC(=O)O)C1=O. The van der Waals surface area contributed by atoms with Crippen molar-refractivity contribution in [2.45, 2.75) is 12.5 Å². The van der Waals surface area contributed by atoms with E-state index in [1.54, 1.807) is 0 Å². The Labute approximate surface area is 119 Å². The van der Waals surface area contributed by atoms with Crippen molar-refractivity contribution >= 4 is 35.5 Å². The number of imide groups is 1. The van der Waals surface area contributed by atoms with E-state index < -0.39 is 18.0 Å². The molecule has 0 radical (unpaired) electrons. The molecule has 0 bridgehead atoms. The van der Waals surface area contributed by atoms with Gasteiger partial charge in [-0.05, 0) is 0 Å². The molecule has 9 heteroatoms. The number of rotatable bonds is 8. The van der Waals surface area contributed by atoms with E-state index in [0.717, 1.165) is 16.7 Å². The van der Waals surface area contributed by atoms with Crippen molar-refractivity contribution < 1.29 is 29.0 Å². The Kier molecular flexibility index (Phi) is 6.46. The molecule has 1 saturated heterocycles. The molecule has 0 aromatic rings. The number of ether oxygens (including phenoxy) is 1. The Bertz CT molecular complexity index is 414. The molecule has 0 aromatic heterocycles. The third kappa shape index (κ3) is 4.82. The lowest BCUT2D eigenvalue weighted by atomic mass is 10.3. The molecule has 0 aromatic carbocycles. The number of carboxylic acid groups (broad SMARTS) is 1. The second-order valence-electron chi connectivity index (χ2n) is 4.05. The normalized spacial score (nSPS) is 18.4. The van der Waals surface area contributed by atoms with E-state index in [0.29, 0.717) is 0 Å². The first kappa shape index (κ1) is 16.4. The molecule has 1 unspecified atom stereocenters. The molecule has 3 amide bonds. The van der Waals surface area contributed by atoms with Crippen LogP contribution in [0.3, 0.4) is 0 Å². The van der Waals surface area contributed by atoms with E-state index in [1.165, 1.54) is 7.11 Å². The number of nitrogens with zero attached hydrogens (tertiary/aromatic N) is 1. The van der Waals surface area contributed by atoms with E-state index in [9.17, 15) is 19.2 Å². The minimum Gasteiger partial charge on any atom is -0.481 e. The van der Waals surface area contributed by atoms with Crippen LogP contribution >= 0.6 is 11.8 Å². The van der Waals surface area contributed by atoms with E-state index in [2.05, 4.69) is 5.32 Å². The zero-order valence-corrected chi connectivity index (χ0v) is 11.8. The molecule has 1 aliphatic heterocycles. The smallest absolute Gasteiger partial charge is 0.313 e. The predicted molar refractivity (Wildman–Crippen MR) is 70.1 cm³/mol. The Balaban J connectivity index is 2.23. The van der Waals surface area contributed by atoms with Crippen LogP contribution in [0.2, 0.25) is 0 Å². The Morgan fingerprint density at radius 3 is 2.70 bits per heavy atom. The maximum atomic E-state index is 11.7. The fourth-order valence-corrected chi connectivity index (χ4v) is 2.23. The highest BCUT2D eigenvalue weighted by atomic mass is 32.2. The first-order valence-electron chi connectivity index (χ1n) is 5.89. The summed E-state index contributed by atoms with van der Waals surface area (Å²) in [5.41, 5.74) is 0. The lowest BCUT2D eigenvalue weighted by Crippen LogP contribution is -2.39. The van der Waals surface area contributed by atoms with Crippen LogP contribution in [0.25, 0.3) is 0 Å². The zero-order chi connectivity index (χ0) is 15.1. The summed E-state index contributed by atoms with van der Waals surface area (Å²) in [5, 5.41) is 10.9. The number of thioether (sulfide) groups is 1. The minimum atomic E-state index is -0.985. The van der Waals surface area contributed by atoms with Gasteiger partial charge in [-0.1, -0.05) is 0 Å². The van der Waals surface area contributed by atoms with Gasteiger partial charge in [0.2, 0.25) is 11.8 Å². The van der Waals surface area contributed by atoms with Crippen LogP contribution in [0.1, 0.15) is 6.42 Å². The van der Waals surface area contributed by atoms with Crippen LogP contribution in [-0.4, -0.2) is 71.5 Å². The van der Waals surface area contributed by atoms with Gasteiger partial charge >= 0.3 is 5.97 Å². The van der Waals surface area contributed by atoms with Crippen molar-refractivity contribution in [1.82, 2.24) is 10.2 Å². The molecule has 1 aliphatic rings. The van der Waals surface area contributed by atoms with Gasteiger partial charge in [-0.25, -0.2) is 0 Å². The van der Waals surface area contributed by atoms with Gasteiger partial charge in [-0.3, -0.25) is 24.1 Å². The molecule has 20 heavy (non-hydrogen) atoms. The third-order valence-electron chi connectivity index (χ3n) is 2.60. The molecule has 112 valence electrons. The van der Waals surface area contributed by atoms with Gasteiger partial charge in [0.1, 0.15) is 6.10 Å². The number of aliphatic carboxylic acids is 1. The Hall–Kier alpha value is -1.61. The molecule has 1 heterocycles. The summed E-state index contributed by atoms with van der Waals surface area (Å²) >= 11 is 0.978. The van der Waals surface area contributed by atoms with Crippen LogP contribution in [0.4, 0.5) is 0 Å². The van der Waals surface area contributed by atoms with Gasteiger partial charge in [-0.2, -0.15) is 0 Å². The largest absolute Gasteiger partial charge is 0.481 e. The van der Waals surface area contributed by atoms with Gasteiger partial charge in [0, 0.05) is 20.2 Å². The molecule has 0 spiro atoms. The summed E-state index contributed by atoms with van der Waals surface area (Å²) in [6, 6.07) is 0. The summed E-state index contributed by atoms with van der Waals surface area (Å²) in [5.74, 6) is -2.16. The number of hydrogen-bond acceptors (Lipinski definition) is 6. The van der Waals surface area contributed by atoms with E-state index >= 15 is 0 Å². The number of carboxylic acids is 1. The van der Waals surface area contributed by atoms with Crippen LogP contribution < -0.4 is 5.32 Å². The molecule has 1 rings (SSSR count). The van der Waals surface area contributed by atoms with Crippen molar-refractivity contribution in [3.05, 3.63) is 0 Å². The standard InChI is InChI=1S/C11H16N2O6S/c1-19-7-4-9(15)13(11(7)18)3-2-12-8(14)5-20-6-10(16)17/h7H,2-6H2,1H3,(H,12,14)(H,16,17). The Morgan fingerprint density at radius 2 is 2.15 bits per heavy atom. The summed E-state index contributed by atoms with van der Waals surface area (Å²) in [6.45, 7) is 0.229. The molecule has 8 nitrogen and oxygen atoms in total. The monoisotopic (exact) mass is 304 g/mol. The maximum absolute atomic E-state index is 11.7. The molecule has 0 aliphatic carbocycles. The number of likely N-dealkylation sites (tertiary alicyclic amines) is 1. The number of amides is 3. The molecule has 2 N–H and O–H groups in total. The fraction of sp³-hybridized carbons (Fsp3) is 0.636. The van der Waals surface area contributed by atoms with Crippen molar-refractivity contribution in [3.8, 4) is 0 Å². The van der Waals surface area contributed by atoms with Crippen molar-refractivity contribution in [2.75, 3.05) is 31.7 Å². The summed E-state index contributed by atoms with van der Waals surface area (Å²) < 4.78 is 4.87. The third-order valence-corrected chi connectivity index (χ3v) is 3.52. The Morgan fingerprint density at radius 1 is 1.45 bits per heavy atom. The van der Waals surface area contributed by atoms with E-state index in [-0.39, 0.29) is 42.8 Å².